The van der Waals surface area contributed by atoms with E-state index in [1.807, 2.05) is 0 Å². The van der Waals surface area contributed by atoms with Crippen LogP contribution in [0.25, 0.3) is 4.85 Å². The molecule has 0 saturated carbocycles. The molecule has 0 heterocycles. The summed E-state index contributed by atoms with van der Waals surface area (Å²) in [6, 6.07) is 6.92. The van der Waals surface area contributed by atoms with E-state index in [4.69, 9.17) is 6.57 Å². The number of nitrogens with one attached hydrogen (secondary N) is 1. The average Bonchev–Trinajstić information content (AvgIpc) is 2.30. The number of carbonyl (C=O) groups is 1. The summed E-state index contributed by atoms with van der Waals surface area (Å²) in [6.07, 6.45) is 3.71. The van der Waals surface area contributed by atoms with E-state index in [1.165, 1.54) is 0 Å². The van der Waals surface area contributed by atoms with Crippen LogP contribution in [0.4, 0.5) is 11.4 Å². The lowest BCUT2D eigenvalue weighted by atomic mass is 10.2. The molecule has 84 valence electrons. The molecule has 0 bridgehead atoms. The number of rotatable bonds is 5. The molecule has 1 amide bonds. The lowest BCUT2D eigenvalue weighted by molar-refractivity contribution is -0.116. The number of carbonyl (C=O) groups excluding carboxylic acids is 1. The third kappa shape index (κ3) is 4.14. The maximum atomic E-state index is 11.5. The monoisotopic (exact) mass is 216 g/mol. The minimum absolute atomic E-state index is 0.0454. The van der Waals surface area contributed by atoms with Gasteiger partial charge in [-0.05, 0) is 18.6 Å². The van der Waals surface area contributed by atoms with Crippen molar-refractivity contribution in [3.63, 3.8) is 0 Å². The van der Waals surface area contributed by atoms with Gasteiger partial charge in [0, 0.05) is 12.1 Å². The smallest absolute Gasteiger partial charge is 0.224 e. The fourth-order valence-electron chi connectivity index (χ4n) is 1.38. The second-order valence-electron chi connectivity index (χ2n) is 3.66. The average molecular weight is 216 g/mol. The van der Waals surface area contributed by atoms with Crippen LogP contribution in [0, 0.1) is 6.57 Å². The zero-order chi connectivity index (χ0) is 11.8. The van der Waals surface area contributed by atoms with Crippen molar-refractivity contribution in [2.24, 2.45) is 0 Å². The van der Waals surface area contributed by atoms with Crippen LogP contribution < -0.4 is 5.32 Å². The first-order valence-electron chi connectivity index (χ1n) is 5.53. The molecule has 0 fully saturated rings. The van der Waals surface area contributed by atoms with Gasteiger partial charge in [-0.15, -0.1) is 0 Å². The van der Waals surface area contributed by atoms with E-state index in [9.17, 15) is 4.79 Å². The summed E-state index contributed by atoms with van der Waals surface area (Å²) in [4.78, 5) is 14.8. The standard InChI is InChI=1S/C13H16N2O/c1-3-4-5-6-13(16)15-12-9-7-11(14-2)8-10-12/h7-10H,3-6H2,1H3,(H,15,16). The summed E-state index contributed by atoms with van der Waals surface area (Å²) in [6.45, 7) is 8.92. The molecule has 1 rings (SSSR count). The summed E-state index contributed by atoms with van der Waals surface area (Å²) >= 11 is 0. The summed E-state index contributed by atoms with van der Waals surface area (Å²) in [5.74, 6) is 0.0454. The Morgan fingerprint density at radius 2 is 2.00 bits per heavy atom. The predicted octanol–water partition coefficient (Wildman–Crippen LogP) is 3.76. The van der Waals surface area contributed by atoms with E-state index in [0.717, 1.165) is 24.9 Å². The van der Waals surface area contributed by atoms with Crippen LogP contribution in [0.15, 0.2) is 24.3 Å². The Morgan fingerprint density at radius 3 is 2.56 bits per heavy atom. The van der Waals surface area contributed by atoms with Gasteiger partial charge in [-0.1, -0.05) is 31.9 Å². The lowest BCUT2D eigenvalue weighted by Gasteiger charge is -2.04. The van der Waals surface area contributed by atoms with Gasteiger partial charge in [0.25, 0.3) is 0 Å². The number of anilines is 1. The van der Waals surface area contributed by atoms with Gasteiger partial charge < -0.3 is 5.32 Å². The molecule has 0 aliphatic rings. The van der Waals surface area contributed by atoms with Gasteiger partial charge in [0.1, 0.15) is 0 Å². The van der Waals surface area contributed by atoms with Crippen molar-refractivity contribution in [2.75, 3.05) is 5.32 Å². The van der Waals surface area contributed by atoms with Crippen molar-refractivity contribution in [2.45, 2.75) is 32.6 Å². The molecular weight excluding hydrogens is 200 g/mol. The summed E-state index contributed by atoms with van der Waals surface area (Å²) in [5, 5.41) is 2.81. The molecule has 1 aromatic carbocycles. The number of nitrogens with zero attached hydrogens (tertiary/aromatic N) is 1. The number of benzene rings is 1. The summed E-state index contributed by atoms with van der Waals surface area (Å²) in [5.41, 5.74) is 1.35. The molecule has 0 atom stereocenters. The number of hydrogen-bond acceptors (Lipinski definition) is 1. The van der Waals surface area contributed by atoms with Crippen molar-refractivity contribution in [3.8, 4) is 0 Å². The van der Waals surface area contributed by atoms with Crippen LogP contribution in [-0.4, -0.2) is 5.91 Å². The first-order chi connectivity index (χ1) is 7.76. The van der Waals surface area contributed by atoms with Crippen LogP contribution in [0.1, 0.15) is 32.6 Å². The molecule has 0 spiro atoms. The third-order valence-corrected chi connectivity index (χ3v) is 2.29. The molecular formula is C13H16N2O. The van der Waals surface area contributed by atoms with Gasteiger partial charge >= 0.3 is 0 Å². The van der Waals surface area contributed by atoms with Gasteiger partial charge in [-0.25, -0.2) is 4.85 Å². The van der Waals surface area contributed by atoms with Gasteiger partial charge in [0.05, 0.1) is 6.57 Å². The van der Waals surface area contributed by atoms with E-state index >= 15 is 0 Å². The van der Waals surface area contributed by atoms with Crippen LogP contribution >= 0.6 is 0 Å². The van der Waals surface area contributed by atoms with Crippen molar-refractivity contribution in [1.29, 1.82) is 0 Å². The van der Waals surface area contributed by atoms with E-state index < -0.39 is 0 Å². The van der Waals surface area contributed by atoms with Gasteiger partial charge in [0.15, 0.2) is 5.69 Å². The van der Waals surface area contributed by atoms with Gasteiger partial charge in [-0.2, -0.15) is 0 Å². The summed E-state index contributed by atoms with van der Waals surface area (Å²) in [7, 11) is 0. The minimum Gasteiger partial charge on any atom is -0.326 e. The minimum atomic E-state index is 0.0454. The molecule has 0 saturated heterocycles. The maximum Gasteiger partial charge on any atom is 0.224 e. The predicted molar refractivity (Wildman–Crippen MR) is 65.5 cm³/mol. The molecule has 1 aromatic rings. The Hall–Kier alpha value is -1.82. The second-order valence-corrected chi connectivity index (χ2v) is 3.66. The highest BCUT2D eigenvalue weighted by molar-refractivity contribution is 5.90. The van der Waals surface area contributed by atoms with E-state index in [2.05, 4.69) is 17.1 Å². The van der Waals surface area contributed by atoms with Crippen LogP contribution in [0.2, 0.25) is 0 Å². The molecule has 0 aromatic heterocycles. The fourth-order valence-corrected chi connectivity index (χ4v) is 1.38. The Kier molecular flexibility index (Phi) is 5.07. The van der Waals surface area contributed by atoms with Crippen molar-refractivity contribution >= 4 is 17.3 Å². The van der Waals surface area contributed by atoms with Gasteiger partial charge in [-0.3, -0.25) is 4.79 Å². The third-order valence-electron chi connectivity index (χ3n) is 2.29. The molecule has 3 heteroatoms. The first-order valence-corrected chi connectivity index (χ1v) is 5.53. The lowest BCUT2D eigenvalue weighted by Crippen LogP contribution is -2.10. The Balaban J connectivity index is 2.41. The molecule has 16 heavy (non-hydrogen) atoms. The zero-order valence-electron chi connectivity index (χ0n) is 9.49. The first kappa shape index (κ1) is 12.3. The molecule has 0 radical (unpaired) electrons. The van der Waals surface area contributed by atoms with Crippen LogP contribution in [0.5, 0.6) is 0 Å². The van der Waals surface area contributed by atoms with Crippen LogP contribution in [0.3, 0.4) is 0 Å². The topological polar surface area (TPSA) is 33.5 Å². The molecule has 0 unspecified atom stereocenters. The molecule has 3 nitrogen and oxygen atoms in total. The molecule has 0 aliphatic heterocycles. The Morgan fingerprint density at radius 1 is 1.31 bits per heavy atom. The normalized spacial score (nSPS) is 9.50. The second kappa shape index (κ2) is 6.62. The quantitative estimate of drug-likeness (QED) is 0.590. The van der Waals surface area contributed by atoms with E-state index in [0.29, 0.717) is 12.1 Å². The van der Waals surface area contributed by atoms with Gasteiger partial charge in [0.2, 0.25) is 5.91 Å². The largest absolute Gasteiger partial charge is 0.326 e. The van der Waals surface area contributed by atoms with E-state index in [1.54, 1.807) is 24.3 Å². The van der Waals surface area contributed by atoms with Crippen LogP contribution in [-0.2, 0) is 4.79 Å². The summed E-state index contributed by atoms with van der Waals surface area (Å²) < 4.78 is 0. The molecule has 0 aliphatic carbocycles. The zero-order valence-corrected chi connectivity index (χ0v) is 9.49. The van der Waals surface area contributed by atoms with Crippen molar-refractivity contribution in [1.82, 2.24) is 0 Å². The number of unbranched alkanes of at least 4 members (excludes halogenated alkanes) is 2. The Bertz CT molecular complexity index is 376. The number of amides is 1. The highest BCUT2D eigenvalue weighted by Gasteiger charge is 2.01. The van der Waals surface area contributed by atoms with Crippen molar-refractivity contribution < 1.29 is 4.79 Å². The van der Waals surface area contributed by atoms with Crippen molar-refractivity contribution in [3.05, 3.63) is 35.7 Å². The van der Waals surface area contributed by atoms with E-state index in [-0.39, 0.29) is 5.91 Å². The maximum absolute atomic E-state index is 11.5. The highest BCUT2D eigenvalue weighted by Crippen LogP contribution is 2.16. The Labute approximate surface area is 96.3 Å². The molecule has 1 N–H and O–H groups in total. The fraction of sp³-hybridized carbons (Fsp3) is 0.385. The highest BCUT2D eigenvalue weighted by atomic mass is 16.1. The number of hydrogen-bond donors (Lipinski definition) is 1. The SMILES string of the molecule is [C-]#[N+]c1ccc(NC(=O)CCCCC)cc1.